The maximum atomic E-state index is 11.8. The fourth-order valence-corrected chi connectivity index (χ4v) is 6.40. The van der Waals surface area contributed by atoms with Crippen LogP contribution >= 0.6 is 0 Å². The first-order chi connectivity index (χ1) is 21.7. The van der Waals surface area contributed by atoms with Crippen molar-refractivity contribution in [3.8, 4) is 0 Å². The quantitative estimate of drug-likeness (QED) is 0.0467. The average molecular weight is 701 g/mol. The van der Waals surface area contributed by atoms with Gasteiger partial charge >= 0.3 is 40.0 Å². The Labute approximate surface area is 307 Å². The fraction of sp³-hybridized carbons (Fsp3) is 0.833. The molecule has 46 heavy (non-hydrogen) atoms. The zero-order valence-electron chi connectivity index (χ0n) is 28.9. The molecular weight excluding hydrogens is 632 g/mol. The van der Waals surface area contributed by atoms with Crippen molar-refractivity contribution >= 4 is 50.1 Å². The standard InChI is InChI=1S/C30H62O4S.C6H6O3S.Na.H/c1-3-5-7-9-11-13-15-16-17-18-19-20-22-24-26-28-30-34-35(31,32)33-29-27-25-23-21-14-12-10-8-6-4-2;7-10(8,9)6-4-2-1-3-5-6;;/h3-30H2,1-2H3;1-5H,(H,7,8,9);;. The van der Waals surface area contributed by atoms with Crippen molar-refractivity contribution < 1.29 is 29.8 Å². The average Bonchev–Trinajstić information content (AvgIpc) is 3.01. The van der Waals surface area contributed by atoms with Crippen LogP contribution in [0.5, 0.6) is 0 Å². The molecule has 0 amide bonds. The Morgan fingerprint density at radius 2 is 0.717 bits per heavy atom. The molecule has 7 nitrogen and oxygen atoms in total. The topological polar surface area (TPSA) is 107 Å². The van der Waals surface area contributed by atoms with Gasteiger partial charge in [-0.05, 0) is 25.0 Å². The molecule has 0 atom stereocenters. The molecule has 0 aliphatic rings. The third kappa shape index (κ3) is 35.3. The second-order valence-electron chi connectivity index (χ2n) is 12.3. The van der Waals surface area contributed by atoms with Crippen molar-refractivity contribution in [1.29, 1.82) is 0 Å². The molecule has 10 heteroatoms. The fourth-order valence-electron chi connectivity index (χ4n) is 5.19. The van der Waals surface area contributed by atoms with Gasteiger partial charge in [0.15, 0.2) is 0 Å². The van der Waals surface area contributed by atoms with E-state index in [-0.39, 0.29) is 47.7 Å². The molecule has 0 bridgehead atoms. The van der Waals surface area contributed by atoms with Gasteiger partial charge in [-0.15, -0.1) is 0 Å². The van der Waals surface area contributed by atoms with Crippen LogP contribution in [0.25, 0.3) is 0 Å². The van der Waals surface area contributed by atoms with E-state index in [1.54, 1.807) is 18.2 Å². The molecule has 1 aromatic carbocycles. The number of rotatable bonds is 31. The first-order valence-electron chi connectivity index (χ1n) is 18.3. The van der Waals surface area contributed by atoms with Crippen LogP contribution in [0, 0.1) is 0 Å². The van der Waals surface area contributed by atoms with E-state index >= 15 is 0 Å². The zero-order chi connectivity index (χ0) is 33.3. The Bertz CT molecular complexity index is 958. The zero-order valence-corrected chi connectivity index (χ0v) is 30.5. The van der Waals surface area contributed by atoms with E-state index in [2.05, 4.69) is 13.8 Å². The SMILES string of the molecule is CCCCCCCCCCCCCCCCCCOS(=O)(=O)OCCCCCCCCCCCC.O=S(=O)(O)c1ccccc1.[NaH]. The summed E-state index contributed by atoms with van der Waals surface area (Å²) in [7, 11) is -7.82. The summed E-state index contributed by atoms with van der Waals surface area (Å²) >= 11 is 0. The summed E-state index contributed by atoms with van der Waals surface area (Å²) in [4.78, 5) is -0.0741. The predicted octanol–water partition coefficient (Wildman–Crippen LogP) is 10.7. The van der Waals surface area contributed by atoms with Crippen molar-refractivity contribution in [2.75, 3.05) is 13.2 Å². The van der Waals surface area contributed by atoms with Gasteiger partial charge in [-0.3, -0.25) is 4.55 Å². The predicted molar refractivity (Wildman–Crippen MR) is 196 cm³/mol. The molecule has 0 heterocycles. The van der Waals surface area contributed by atoms with E-state index in [4.69, 9.17) is 12.9 Å². The van der Waals surface area contributed by atoms with Gasteiger partial charge in [0.05, 0.1) is 18.1 Å². The van der Waals surface area contributed by atoms with E-state index in [0.717, 1.165) is 32.1 Å². The summed E-state index contributed by atoms with van der Waals surface area (Å²) in [6, 6.07) is 7.42. The normalized spacial score (nSPS) is 11.5. The summed E-state index contributed by atoms with van der Waals surface area (Å²) in [6.45, 7) is 5.02. The van der Waals surface area contributed by atoms with Crippen molar-refractivity contribution in [3.05, 3.63) is 30.3 Å². The summed E-state index contributed by atoms with van der Waals surface area (Å²) in [6.07, 6.45) is 33.1. The molecule has 1 aromatic rings. The van der Waals surface area contributed by atoms with E-state index in [9.17, 15) is 16.8 Å². The van der Waals surface area contributed by atoms with E-state index < -0.39 is 20.5 Å². The van der Waals surface area contributed by atoms with Crippen LogP contribution in [0.3, 0.4) is 0 Å². The number of hydrogen-bond donors (Lipinski definition) is 1. The molecule has 0 spiro atoms. The van der Waals surface area contributed by atoms with Crippen LogP contribution in [-0.4, -0.2) is 64.2 Å². The summed E-state index contributed by atoms with van der Waals surface area (Å²) in [5, 5.41) is 0. The Balaban J connectivity index is 0. The molecule has 1 N–H and O–H groups in total. The van der Waals surface area contributed by atoms with Gasteiger partial charge in [0, 0.05) is 0 Å². The third-order valence-corrected chi connectivity index (χ3v) is 9.77. The second-order valence-corrected chi connectivity index (χ2v) is 15.0. The third-order valence-electron chi connectivity index (χ3n) is 7.99. The molecule has 268 valence electrons. The maximum absolute atomic E-state index is 11.8. The monoisotopic (exact) mass is 700 g/mol. The van der Waals surface area contributed by atoms with Crippen LogP contribution in [0.2, 0.25) is 0 Å². The van der Waals surface area contributed by atoms with E-state index in [1.807, 2.05) is 0 Å². The van der Waals surface area contributed by atoms with E-state index in [1.165, 1.54) is 147 Å². The molecular formula is C36H69NaO7S2. The molecule has 0 fully saturated rings. The Hall–Kier alpha value is 0. The summed E-state index contributed by atoms with van der Waals surface area (Å²) < 4.78 is 62.8. The van der Waals surface area contributed by atoms with E-state index in [0.29, 0.717) is 0 Å². The van der Waals surface area contributed by atoms with Gasteiger partial charge in [0.25, 0.3) is 10.1 Å². The molecule has 0 radical (unpaired) electrons. The minimum absolute atomic E-state index is 0. The van der Waals surface area contributed by atoms with Crippen molar-refractivity contribution in [3.63, 3.8) is 0 Å². The first kappa shape index (κ1) is 48.1. The van der Waals surface area contributed by atoms with Crippen molar-refractivity contribution in [2.24, 2.45) is 0 Å². The number of unbranched alkanes of at least 4 members (excludes halogenated alkanes) is 24. The van der Waals surface area contributed by atoms with Crippen LogP contribution < -0.4 is 0 Å². The van der Waals surface area contributed by atoms with Gasteiger partial charge < -0.3 is 0 Å². The Morgan fingerprint density at radius 1 is 0.457 bits per heavy atom. The molecule has 0 aliphatic carbocycles. The van der Waals surface area contributed by atoms with Gasteiger partial charge in [0.2, 0.25) is 0 Å². The van der Waals surface area contributed by atoms with Crippen LogP contribution in [0.15, 0.2) is 35.2 Å². The number of benzene rings is 1. The Kier molecular flexibility index (Phi) is 36.5. The summed E-state index contributed by atoms with van der Waals surface area (Å²) in [5.74, 6) is 0. The van der Waals surface area contributed by atoms with Gasteiger partial charge in [0.1, 0.15) is 0 Å². The van der Waals surface area contributed by atoms with Crippen LogP contribution in [0.4, 0.5) is 0 Å². The van der Waals surface area contributed by atoms with Crippen molar-refractivity contribution in [1.82, 2.24) is 0 Å². The second kappa shape index (κ2) is 34.8. The number of hydrogen-bond acceptors (Lipinski definition) is 6. The minimum atomic E-state index is -4.00. The first-order valence-corrected chi connectivity index (χ1v) is 21.1. The van der Waals surface area contributed by atoms with Gasteiger partial charge in [-0.2, -0.15) is 16.8 Å². The Morgan fingerprint density at radius 3 is 0.957 bits per heavy atom. The molecule has 0 aromatic heterocycles. The molecule has 0 saturated carbocycles. The molecule has 1 rings (SSSR count). The molecule has 0 saturated heterocycles. The van der Waals surface area contributed by atoms with Gasteiger partial charge in [-0.25, -0.2) is 8.37 Å². The summed E-state index contributed by atoms with van der Waals surface area (Å²) in [5.41, 5.74) is 0. The molecule has 0 unspecified atom stereocenters. The van der Waals surface area contributed by atoms with Gasteiger partial charge in [-0.1, -0.05) is 186 Å². The van der Waals surface area contributed by atoms with Crippen molar-refractivity contribution in [2.45, 2.75) is 186 Å². The van der Waals surface area contributed by atoms with Crippen LogP contribution in [-0.2, 0) is 28.9 Å². The van der Waals surface area contributed by atoms with Crippen LogP contribution in [0.1, 0.15) is 181 Å². The molecule has 0 aliphatic heterocycles.